The van der Waals surface area contributed by atoms with Crippen LogP contribution in [-0.2, 0) is 9.59 Å². The molecule has 2 atom stereocenters. The van der Waals surface area contributed by atoms with E-state index in [0.717, 1.165) is 5.75 Å². The molecule has 0 bridgehead atoms. The first-order valence-corrected chi connectivity index (χ1v) is 7.39. The van der Waals surface area contributed by atoms with Gasteiger partial charge in [0.15, 0.2) is 0 Å². The van der Waals surface area contributed by atoms with Gasteiger partial charge in [-0.2, -0.15) is 11.8 Å². The maximum atomic E-state index is 11.5. The number of carbonyl (C=O) groups is 2. The zero-order chi connectivity index (χ0) is 14.0. The van der Waals surface area contributed by atoms with Crippen LogP contribution >= 0.6 is 24.2 Å². The van der Waals surface area contributed by atoms with Gasteiger partial charge < -0.3 is 21.5 Å². The predicted octanol–water partition coefficient (Wildman–Crippen LogP) is -0.508. The largest absolute Gasteiger partial charge is 0.382 e. The van der Waals surface area contributed by atoms with Crippen molar-refractivity contribution in [2.45, 2.75) is 31.9 Å². The summed E-state index contributed by atoms with van der Waals surface area (Å²) in [6.07, 6.45) is 1.74. The van der Waals surface area contributed by atoms with E-state index in [1.807, 2.05) is 6.26 Å². The highest BCUT2D eigenvalue weighted by molar-refractivity contribution is 7.98. The summed E-state index contributed by atoms with van der Waals surface area (Å²) in [5.74, 6) is 0.244. The fraction of sp³-hybridized carbons (Fsp3) is 0.818. The van der Waals surface area contributed by atoms with Crippen LogP contribution < -0.4 is 16.4 Å². The van der Waals surface area contributed by atoms with Crippen molar-refractivity contribution in [3.8, 4) is 0 Å². The number of aliphatic hydroxyl groups is 1. The first-order chi connectivity index (χ1) is 8.52. The average molecular weight is 314 g/mol. The molecule has 19 heavy (non-hydrogen) atoms. The van der Waals surface area contributed by atoms with E-state index in [0.29, 0.717) is 19.4 Å². The van der Waals surface area contributed by atoms with Crippen LogP contribution in [-0.4, -0.2) is 54.2 Å². The Hall–Kier alpha value is -0.500. The number of carbonyl (C=O) groups excluding carboxylic acids is 2. The molecule has 2 amide bonds. The Balaban J connectivity index is 0. The highest BCUT2D eigenvalue weighted by Gasteiger charge is 2.21. The number of hydrogen-bond acceptors (Lipinski definition) is 5. The van der Waals surface area contributed by atoms with E-state index in [9.17, 15) is 14.7 Å². The molecule has 5 N–H and O–H groups in total. The van der Waals surface area contributed by atoms with Crippen LogP contribution in [0.4, 0.5) is 0 Å². The first kappa shape index (κ1) is 20.8. The van der Waals surface area contributed by atoms with Crippen molar-refractivity contribution in [1.29, 1.82) is 0 Å². The second-order valence-corrected chi connectivity index (χ2v) is 4.87. The number of aliphatic hydroxyl groups excluding tert-OH is 1. The van der Waals surface area contributed by atoms with E-state index < -0.39 is 18.1 Å². The van der Waals surface area contributed by atoms with Gasteiger partial charge >= 0.3 is 0 Å². The molecule has 0 saturated heterocycles. The summed E-state index contributed by atoms with van der Waals surface area (Å²) in [7, 11) is 0. The minimum absolute atomic E-state index is 0. The molecule has 0 aromatic heterocycles. The first-order valence-electron chi connectivity index (χ1n) is 5.99. The van der Waals surface area contributed by atoms with Crippen molar-refractivity contribution in [2.24, 2.45) is 5.73 Å². The third-order valence-electron chi connectivity index (χ3n) is 2.40. The monoisotopic (exact) mass is 313 g/mol. The van der Waals surface area contributed by atoms with Gasteiger partial charge in [0, 0.05) is 25.6 Å². The van der Waals surface area contributed by atoms with Gasteiger partial charge in [-0.05, 0) is 18.4 Å². The van der Waals surface area contributed by atoms with Crippen molar-refractivity contribution in [2.75, 3.05) is 25.1 Å². The molecular weight excluding hydrogens is 290 g/mol. The normalized spacial score (nSPS) is 13.1. The molecule has 0 saturated carbocycles. The second-order valence-electron chi connectivity index (χ2n) is 3.88. The van der Waals surface area contributed by atoms with E-state index in [-0.39, 0.29) is 24.9 Å². The third kappa shape index (κ3) is 10.0. The van der Waals surface area contributed by atoms with E-state index in [1.54, 1.807) is 18.7 Å². The minimum Gasteiger partial charge on any atom is -0.382 e. The Bertz CT molecular complexity index is 270. The topological polar surface area (TPSA) is 104 Å². The fourth-order valence-corrected chi connectivity index (χ4v) is 1.73. The van der Waals surface area contributed by atoms with Crippen LogP contribution in [0, 0.1) is 0 Å². The fourth-order valence-electron chi connectivity index (χ4n) is 1.22. The molecule has 8 heteroatoms. The van der Waals surface area contributed by atoms with Crippen LogP contribution in [0.3, 0.4) is 0 Å². The molecule has 0 fully saturated rings. The molecule has 0 rings (SSSR count). The molecular formula is C11H24ClN3O3S. The summed E-state index contributed by atoms with van der Waals surface area (Å²) in [6, 6.07) is -0.553. The quantitative estimate of drug-likeness (QED) is 0.429. The SMILES string of the molecule is CCC(=O)NCCNC(=O)C(O)[C@H](N)CCSC.Cl. The Morgan fingerprint density at radius 3 is 2.42 bits per heavy atom. The van der Waals surface area contributed by atoms with Gasteiger partial charge in [0.25, 0.3) is 5.91 Å². The molecule has 0 spiro atoms. The average Bonchev–Trinajstić information content (AvgIpc) is 2.39. The van der Waals surface area contributed by atoms with Gasteiger partial charge in [-0.15, -0.1) is 12.4 Å². The van der Waals surface area contributed by atoms with Gasteiger partial charge in [0.1, 0.15) is 6.10 Å². The van der Waals surface area contributed by atoms with Crippen molar-refractivity contribution in [3.05, 3.63) is 0 Å². The molecule has 0 radical (unpaired) electrons. The number of thioether (sulfide) groups is 1. The zero-order valence-electron chi connectivity index (χ0n) is 11.3. The molecule has 0 aromatic rings. The third-order valence-corrected chi connectivity index (χ3v) is 3.04. The predicted molar refractivity (Wildman–Crippen MR) is 80.5 cm³/mol. The van der Waals surface area contributed by atoms with Crippen LogP contribution in [0.5, 0.6) is 0 Å². The lowest BCUT2D eigenvalue weighted by Crippen LogP contribution is -2.48. The molecule has 1 unspecified atom stereocenters. The maximum Gasteiger partial charge on any atom is 0.250 e. The van der Waals surface area contributed by atoms with Gasteiger partial charge in [0.05, 0.1) is 0 Å². The number of hydrogen-bond donors (Lipinski definition) is 4. The van der Waals surface area contributed by atoms with Crippen LogP contribution in [0.25, 0.3) is 0 Å². The lowest BCUT2D eigenvalue weighted by atomic mass is 10.1. The van der Waals surface area contributed by atoms with E-state index >= 15 is 0 Å². The minimum atomic E-state index is -1.20. The second kappa shape index (κ2) is 12.5. The number of halogens is 1. The smallest absolute Gasteiger partial charge is 0.250 e. The molecule has 0 aliphatic rings. The molecule has 0 aromatic carbocycles. The van der Waals surface area contributed by atoms with Gasteiger partial charge in [-0.25, -0.2) is 0 Å². The molecule has 114 valence electrons. The number of amides is 2. The number of nitrogens with one attached hydrogen (secondary N) is 2. The van der Waals surface area contributed by atoms with Crippen molar-refractivity contribution in [1.82, 2.24) is 10.6 Å². The summed E-state index contributed by atoms with van der Waals surface area (Å²) in [5.41, 5.74) is 5.68. The van der Waals surface area contributed by atoms with Crippen LogP contribution in [0.2, 0.25) is 0 Å². The summed E-state index contributed by atoms with van der Waals surface area (Å²) < 4.78 is 0. The Kier molecular flexibility index (Phi) is 13.7. The Labute approximate surface area is 124 Å². The van der Waals surface area contributed by atoms with Crippen molar-refractivity contribution in [3.63, 3.8) is 0 Å². The summed E-state index contributed by atoms with van der Waals surface area (Å²) in [5, 5.41) is 14.8. The lowest BCUT2D eigenvalue weighted by Gasteiger charge is -2.18. The standard InChI is InChI=1S/C11H23N3O3S.ClH/c1-3-9(15)13-5-6-14-11(17)10(16)8(12)4-7-18-2;/h8,10,16H,3-7,12H2,1-2H3,(H,13,15)(H,14,17);1H/t8-,10?;/m1./s1. The van der Waals surface area contributed by atoms with E-state index in [2.05, 4.69) is 10.6 Å². The zero-order valence-corrected chi connectivity index (χ0v) is 13.0. The Morgan fingerprint density at radius 2 is 1.89 bits per heavy atom. The van der Waals surface area contributed by atoms with Gasteiger partial charge in [-0.1, -0.05) is 6.92 Å². The lowest BCUT2D eigenvalue weighted by molar-refractivity contribution is -0.130. The molecule has 6 nitrogen and oxygen atoms in total. The van der Waals surface area contributed by atoms with E-state index in [1.165, 1.54) is 0 Å². The number of rotatable bonds is 9. The number of nitrogens with two attached hydrogens (primary N) is 1. The maximum absolute atomic E-state index is 11.5. The van der Waals surface area contributed by atoms with Crippen molar-refractivity contribution < 1.29 is 14.7 Å². The van der Waals surface area contributed by atoms with E-state index in [4.69, 9.17) is 5.73 Å². The Morgan fingerprint density at radius 1 is 1.32 bits per heavy atom. The van der Waals surface area contributed by atoms with Gasteiger partial charge in [-0.3, -0.25) is 9.59 Å². The molecule has 0 aliphatic carbocycles. The molecule has 0 aliphatic heterocycles. The summed E-state index contributed by atoms with van der Waals surface area (Å²) >= 11 is 1.62. The van der Waals surface area contributed by atoms with Gasteiger partial charge in [0.2, 0.25) is 5.91 Å². The molecule has 0 heterocycles. The highest BCUT2D eigenvalue weighted by atomic mass is 35.5. The summed E-state index contributed by atoms with van der Waals surface area (Å²) in [4.78, 5) is 22.4. The van der Waals surface area contributed by atoms with Crippen LogP contribution in [0.15, 0.2) is 0 Å². The van der Waals surface area contributed by atoms with Crippen molar-refractivity contribution >= 4 is 36.0 Å². The highest BCUT2D eigenvalue weighted by Crippen LogP contribution is 2.02. The summed E-state index contributed by atoms with van der Waals surface area (Å²) in [6.45, 7) is 2.39. The van der Waals surface area contributed by atoms with Crippen LogP contribution in [0.1, 0.15) is 19.8 Å².